The highest BCUT2D eigenvalue weighted by Crippen LogP contribution is 1.80. The van der Waals surface area contributed by atoms with Crippen LogP contribution in [0, 0.1) is 0 Å². The normalized spacial score (nSPS) is 11.8. The SMILES string of the molecule is C[C@H](CNC(=O)CCl)NC(=O)O. The maximum atomic E-state index is 10.6. The van der Waals surface area contributed by atoms with Crippen LogP contribution in [0.5, 0.6) is 0 Å². The van der Waals surface area contributed by atoms with Gasteiger partial charge in [-0.25, -0.2) is 4.79 Å². The van der Waals surface area contributed by atoms with E-state index in [0.29, 0.717) is 0 Å². The van der Waals surface area contributed by atoms with Gasteiger partial charge in [0.1, 0.15) is 5.88 Å². The van der Waals surface area contributed by atoms with E-state index in [1.165, 1.54) is 0 Å². The van der Waals surface area contributed by atoms with Crippen molar-refractivity contribution in [3.05, 3.63) is 0 Å². The summed E-state index contributed by atoms with van der Waals surface area (Å²) < 4.78 is 0. The molecule has 0 aliphatic rings. The van der Waals surface area contributed by atoms with Gasteiger partial charge in [-0.2, -0.15) is 0 Å². The van der Waals surface area contributed by atoms with Crippen LogP contribution in [0.3, 0.4) is 0 Å². The summed E-state index contributed by atoms with van der Waals surface area (Å²) >= 11 is 5.19. The number of carbonyl (C=O) groups is 2. The molecule has 0 bridgehead atoms. The van der Waals surface area contributed by atoms with E-state index in [4.69, 9.17) is 16.7 Å². The van der Waals surface area contributed by atoms with Gasteiger partial charge in [0.25, 0.3) is 0 Å². The van der Waals surface area contributed by atoms with Crippen LogP contribution < -0.4 is 10.6 Å². The molecule has 2 amide bonds. The number of carboxylic acid groups (broad SMARTS) is 1. The molecule has 0 rings (SSSR count). The number of hydrogen-bond acceptors (Lipinski definition) is 2. The lowest BCUT2D eigenvalue weighted by Gasteiger charge is -2.11. The van der Waals surface area contributed by atoms with Crippen molar-refractivity contribution in [3.8, 4) is 0 Å². The quantitative estimate of drug-likeness (QED) is 0.551. The summed E-state index contributed by atoms with van der Waals surface area (Å²) in [6.45, 7) is 1.89. The van der Waals surface area contributed by atoms with Crippen LogP contribution >= 0.6 is 11.6 Å². The van der Waals surface area contributed by atoms with Crippen LogP contribution in [-0.2, 0) is 4.79 Å². The molecule has 6 heteroatoms. The number of amides is 2. The summed E-state index contributed by atoms with van der Waals surface area (Å²) in [6.07, 6.45) is -1.11. The van der Waals surface area contributed by atoms with Gasteiger partial charge in [0, 0.05) is 12.6 Å². The molecule has 0 aliphatic heterocycles. The molecule has 0 saturated heterocycles. The standard InChI is InChI=1S/C6H11ClN2O3/c1-4(9-6(11)12)3-8-5(10)2-7/h4,9H,2-3H2,1H3,(H,8,10)(H,11,12)/t4-/m1/s1. The minimum atomic E-state index is -1.11. The molecule has 70 valence electrons. The van der Waals surface area contributed by atoms with Gasteiger partial charge in [-0.15, -0.1) is 11.6 Å². The monoisotopic (exact) mass is 194 g/mol. The lowest BCUT2D eigenvalue weighted by atomic mass is 10.3. The third-order valence-corrected chi connectivity index (χ3v) is 1.34. The van der Waals surface area contributed by atoms with Crippen molar-refractivity contribution >= 4 is 23.6 Å². The number of carbonyl (C=O) groups excluding carboxylic acids is 1. The number of rotatable bonds is 4. The molecule has 1 atom stereocenters. The van der Waals surface area contributed by atoms with E-state index in [1.807, 2.05) is 0 Å². The highest BCUT2D eigenvalue weighted by Gasteiger charge is 2.05. The van der Waals surface area contributed by atoms with Gasteiger partial charge in [-0.1, -0.05) is 0 Å². The highest BCUT2D eigenvalue weighted by molar-refractivity contribution is 6.27. The van der Waals surface area contributed by atoms with Crippen LogP contribution in [0.25, 0.3) is 0 Å². The molecule has 3 N–H and O–H groups in total. The van der Waals surface area contributed by atoms with Gasteiger partial charge < -0.3 is 15.7 Å². The van der Waals surface area contributed by atoms with Crippen LogP contribution in [-0.4, -0.2) is 35.6 Å². The minimum absolute atomic E-state index is 0.111. The molecular weight excluding hydrogens is 184 g/mol. The van der Waals surface area contributed by atoms with Gasteiger partial charge in [-0.3, -0.25) is 4.79 Å². The Morgan fingerprint density at radius 3 is 2.58 bits per heavy atom. The van der Waals surface area contributed by atoms with Crippen molar-refractivity contribution in [3.63, 3.8) is 0 Å². The first-order chi connectivity index (χ1) is 5.56. The number of hydrogen-bond donors (Lipinski definition) is 3. The topological polar surface area (TPSA) is 78.4 Å². The fraction of sp³-hybridized carbons (Fsp3) is 0.667. The Bertz CT molecular complexity index is 174. The largest absolute Gasteiger partial charge is 0.465 e. The maximum absolute atomic E-state index is 10.6. The average molecular weight is 195 g/mol. The van der Waals surface area contributed by atoms with Crippen LogP contribution in [0.4, 0.5) is 4.79 Å². The fourth-order valence-electron chi connectivity index (χ4n) is 0.576. The molecule has 0 aromatic carbocycles. The summed E-state index contributed by atoms with van der Waals surface area (Å²) in [5, 5.41) is 12.9. The van der Waals surface area contributed by atoms with E-state index in [9.17, 15) is 9.59 Å². The Morgan fingerprint density at radius 2 is 2.17 bits per heavy atom. The summed E-state index contributed by atoms with van der Waals surface area (Å²) in [7, 11) is 0. The number of halogens is 1. The molecule has 0 radical (unpaired) electrons. The maximum Gasteiger partial charge on any atom is 0.404 e. The van der Waals surface area contributed by atoms with Gasteiger partial charge in [0.05, 0.1) is 0 Å². The Labute approximate surface area is 75.1 Å². The molecule has 0 spiro atoms. The molecule has 0 heterocycles. The second-order valence-corrected chi connectivity index (χ2v) is 2.56. The first kappa shape index (κ1) is 11.0. The van der Waals surface area contributed by atoms with Crippen LogP contribution in [0.2, 0.25) is 0 Å². The predicted molar refractivity (Wildman–Crippen MR) is 44.4 cm³/mol. The zero-order valence-electron chi connectivity index (χ0n) is 6.63. The first-order valence-corrected chi connectivity index (χ1v) is 3.92. The minimum Gasteiger partial charge on any atom is -0.465 e. The van der Waals surface area contributed by atoms with E-state index < -0.39 is 6.09 Å². The Hall–Kier alpha value is -0.970. The third-order valence-electron chi connectivity index (χ3n) is 1.10. The lowest BCUT2D eigenvalue weighted by Crippen LogP contribution is -2.41. The first-order valence-electron chi connectivity index (χ1n) is 3.38. The summed E-state index contributed by atoms with van der Waals surface area (Å²) in [6, 6.07) is -0.310. The smallest absolute Gasteiger partial charge is 0.404 e. The van der Waals surface area contributed by atoms with Crippen molar-refractivity contribution < 1.29 is 14.7 Å². The molecule has 0 aromatic rings. The predicted octanol–water partition coefficient (Wildman–Crippen LogP) is -0.00250. The van der Waals surface area contributed by atoms with E-state index in [0.717, 1.165) is 0 Å². The van der Waals surface area contributed by atoms with Crippen LogP contribution in [0.1, 0.15) is 6.92 Å². The highest BCUT2D eigenvalue weighted by atomic mass is 35.5. The van der Waals surface area contributed by atoms with Crippen molar-refractivity contribution in [2.75, 3.05) is 12.4 Å². The fourth-order valence-corrected chi connectivity index (χ4v) is 0.670. The molecule has 0 fully saturated rings. The molecule has 0 unspecified atom stereocenters. The van der Waals surface area contributed by atoms with Gasteiger partial charge >= 0.3 is 6.09 Å². The van der Waals surface area contributed by atoms with Crippen LogP contribution in [0.15, 0.2) is 0 Å². The Morgan fingerprint density at radius 1 is 1.58 bits per heavy atom. The van der Waals surface area contributed by atoms with E-state index in [1.54, 1.807) is 6.92 Å². The van der Waals surface area contributed by atoms with E-state index >= 15 is 0 Å². The lowest BCUT2D eigenvalue weighted by molar-refractivity contribution is -0.118. The van der Waals surface area contributed by atoms with Crippen molar-refractivity contribution in [2.45, 2.75) is 13.0 Å². The van der Waals surface area contributed by atoms with Gasteiger partial charge in [0.15, 0.2) is 0 Å². The number of nitrogens with one attached hydrogen (secondary N) is 2. The average Bonchev–Trinajstić information content (AvgIpc) is 1.99. The van der Waals surface area contributed by atoms with E-state index in [-0.39, 0.29) is 24.4 Å². The molecular formula is C6H11ClN2O3. The van der Waals surface area contributed by atoms with Gasteiger partial charge in [0.2, 0.25) is 5.91 Å². The molecule has 5 nitrogen and oxygen atoms in total. The Kier molecular flexibility index (Phi) is 5.19. The second kappa shape index (κ2) is 5.65. The molecule has 0 aromatic heterocycles. The van der Waals surface area contributed by atoms with Crippen molar-refractivity contribution in [2.24, 2.45) is 0 Å². The van der Waals surface area contributed by atoms with Gasteiger partial charge in [-0.05, 0) is 6.92 Å². The molecule has 12 heavy (non-hydrogen) atoms. The van der Waals surface area contributed by atoms with E-state index in [2.05, 4.69) is 10.6 Å². The third kappa shape index (κ3) is 5.79. The molecule has 0 saturated carbocycles. The Balaban J connectivity index is 3.50. The van der Waals surface area contributed by atoms with Crippen molar-refractivity contribution in [1.29, 1.82) is 0 Å². The summed E-state index contributed by atoms with van der Waals surface area (Å²) in [5.41, 5.74) is 0. The molecule has 0 aliphatic carbocycles. The zero-order valence-corrected chi connectivity index (χ0v) is 7.39. The summed E-state index contributed by atoms with van der Waals surface area (Å²) in [5.74, 6) is -0.421. The second-order valence-electron chi connectivity index (χ2n) is 2.29. The van der Waals surface area contributed by atoms with Crippen molar-refractivity contribution in [1.82, 2.24) is 10.6 Å². The summed E-state index contributed by atoms with van der Waals surface area (Å²) in [4.78, 5) is 20.7. The number of alkyl halides is 1. The zero-order chi connectivity index (χ0) is 9.56.